The van der Waals surface area contributed by atoms with Crippen molar-refractivity contribution in [3.8, 4) is 0 Å². The molecule has 176 valence electrons. The molecule has 1 atom stereocenters. The van der Waals surface area contributed by atoms with Gasteiger partial charge in [-0.1, -0.05) is 6.92 Å². The Morgan fingerprint density at radius 3 is 2.42 bits per heavy atom. The first-order valence-corrected chi connectivity index (χ1v) is 12.6. The van der Waals surface area contributed by atoms with Crippen LogP contribution in [0.2, 0.25) is 0 Å². The van der Waals surface area contributed by atoms with Crippen molar-refractivity contribution >= 4 is 39.0 Å². The first-order chi connectivity index (χ1) is 15.7. The largest absolute Gasteiger partial charge is 0.462 e. The standard InChI is InChI=1S/C24H28N2O6S/c1-4-23(28)26-16(3)14-18-15-20(10-11-21(18)26)33(30,31)13-12-22(27)25-19-8-6-17(7-9-19)24(29)32-5-2/h6-11,15-16H,4-5,12-14H2,1-3H3,(H,25,27). The molecule has 8 nitrogen and oxygen atoms in total. The van der Waals surface area contributed by atoms with Crippen molar-refractivity contribution in [2.24, 2.45) is 0 Å². The molecule has 1 heterocycles. The van der Waals surface area contributed by atoms with Gasteiger partial charge in [-0.15, -0.1) is 0 Å². The summed E-state index contributed by atoms with van der Waals surface area (Å²) in [6.07, 6.45) is 0.757. The maximum Gasteiger partial charge on any atom is 0.338 e. The summed E-state index contributed by atoms with van der Waals surface area (Å²) in [5.41, 5.74) is 2.38. The van der Waals surface area contributed by atoms with Gasteiger partial charge in [-0.3, -0.25) is 9.59 Å². The Bertz CT molecular complexity index is 1160. The number of sulfone groups is 1. The zero-order valence-electron chi connectivity index (χ0n) is 19.0. The summed E-state index contributed by atoms with van der Waals surface area (Å²) < 4.78 is 30.5. The summed E-state index contributed by atoms with van der Waals surface area (Å²) in [6.45, 7) is 5.72. The maximum absolute atomic E-state index is 12.8. The topological polar surface area (TPSA) is 110 Å². The Labute approximate surface area is 193 Å². The summed E-state index contributed by atoms with van der Waals surface area (Å²) in [5, 5.41) is 2.64. The molecule has 2 aromatic carbocycles. The number of nitrogens with zero attached hydrogens (tertiary/aromatic N) is 1. The van der Waals surface area contributed by atoms with Gasteiger partial charge in [-0.2, -0.15) is 0 Å². The summed E-state index contributed by atoms with van der Waals surface area (Å²) in [4.78, 5) is 38.0. The number of nitrogens with one attached hydrogen (secondary N) is 1. The highest BCUT2D eigenvalue weighted by atomic mass is 32.2. The van der Waals surface area contributed by atoms with Gasteiger partial charge in [0.05, 0.1) is 22.8 Å². The van der Waals surface area contributed by atoms with E-state index in [0.29, 0.717) is 24.1 Å². The van der Waals surface area contributed by atoms with Gasteiger partial charge >= 0.3 is 5.97 Å². The fourth-order valence-electron chi connectivity index (χ4n) is 3.82. The van der Waals surface area contributed by atoms with Crippen LogP contribution in [0.25, 0.3) is 0 Å². The van der Waals surface area contributed by atoms with Crippen molar-refractivity contribution in [1.29, 1.82) is 0 Å². The van der Waals surface area contributed by atoms with Gasteiger partial charge in [0.15, 0.2) is 9.84 Å². The van der Waals surface area contributed by atoms with Gasteiger partial charge in [0.25, 0.3) is 0 Å². The van der Waals surface area contributed by atoms with E-state index in [1.54, 1.807) is 43.0 Å². The molecule has 33 heavy (non-hydrogen) atoms. The normalized spacial score (nSPS) is 15.1. The lowest BCUT2D eigenvalue weighted by molar-refractivity contribution is -0.118. The van der Waals surface area contributed by atoms with E-state index in [1.165, 1.54) is 18.2 Å². The number of hydrogen-bond acceptors (Lipinski definition) is 6. The molecule has 9 heteroatoms. The molecule has 0 spiro atoms. The van der Waals surface area contributed by atoms with Gasteiger partial charge in [-0.25, -0.2) is 13.2 Å². The highest BCUT2D eigenvalue weighted by Crippen LogP contribution is 2.34. The lowest BCUT2D eigenvalue weighted by Crippen LogP contribution is -2.35. The van der Waals surface area contributed by atoms with Crippen LogP contribution in [0.15, 0.2) is 47.4 Å². The predicted octanol–water partition coefficient (Wildman–Crippen LogP) is 3.35. The van der Waals surface area contributed by atoms with E-state index >= 15 is 0 Å². The highest BCUT2D eigenvalue weighted by molar-refractivity contribution is 7.91. The molecule has 0 aromatic heterocycles. The minimum absolute atomic E-state index is 0.00353. The molecular formula is C24H28N2O6S. The number of fused-ring (bicyclic) bond motifs is 1. The van der Waals surface area contributed by atoms with E-state index < -0.39 is 21.7 Å². The number of ether oxygens (including phenoxy) is 1. The zero-order chi connectivity index (χ0) is 24.2. The molecule has 3 rings (SSSR count). The van der Waals surface area contributed by atoms with Crippen molar-refractivity contribution in [2.75, 3.05) is 22.6 Å². The molecular weight excluding hydrogens is 444 g/mol. The van der Waals surface area contributed by atoms with Crippen LogP contribution in [-0.4, -0.2) is 44.6 Å². The fourth-order valence-corrected chi connectivity index (χ4v) is 5.11. The zero-order valence-corrected chi connectivity index (χ0v) is 19.8. The second-order valence-electron chi connectivity index (χ2n) is 7.88. The molecule has 1 aliphatic heterocycles. The van der Waals surface area contributed by atoms with Crippen LogP contribution >= 0.6 is 0 Å². The number of amides is 2. The third-order valence-electron chi connectivity index (χ3n) is 5.47. The van der Waals surface area contributed by atoms with E-state index in [0.717, 1.165) is 11.3 Å². The molecule has 2 amide bonds. The van der Waals surface area contributed by atoms with Crippen LogP contribution in [0, 0.1) is 0 Å². The fraction of sp³-hybridized carbons (Fsp3) is 0.375. The average molecular weight is 473 g/mol. The minimum Gasteiger partial charge on any atom is -0.462 e. The monoisotopic (exact) mass is 472 g/mol. The average Bonchev–Trinajstić information content (AvgIpc) is 3.13. The van der Waals surface area contributed by atoms with Crippen LogP contribution in [0.3, 0.4) is 0 Å². The van der Waals surface area contributed by atoms with Crippen LogP contribution in [0.1, 0.15) is 49.5 Å². The molecule has 1 aliphatic rings. The van der Waals surface area contributed by atoms with E-state index in [2.05, 4.69) is 5.32 Å². The van der Waals surface area contributed by atoms with Gasteiger partial charge in [0.2, 0.25) is 11.8 Å². The smallest absolute Gasteiger partial charge is 0.338 e. The third kappa shape index (κ3) is 5.60. The van der Waals surface area contributed by atoms with Gasteiger partial charge in [0, 0.05) is 30.3 Å². The molecule has 2 aromatic rings. The number of carbonyl (C=O) groups excluding carboxylic acids is 3. The van der Waals surface area contributed by atoms with Crippen LogP contribution in [0.5, 0.6) is 0 Å². The van der Waals surface area contributed by atoms with Gasteiger partial charge in [-0.05, 0) is 68.3 Å². The molecule has 0 bridgehead atoms. The third-order valence-corrected chi connectivity index (χ3v) is 7.19. The Morgan fingerprint density at radius 1 is 1.09 bits per heavy atom. The van der Waals surface area contributed by atoms with Gasteiger partial charge < -0.3 is 15.0 Å². The summed E-state index contributed by atoms with van der Waals surface area (Å²) in [5.74, 6) is -1.24. The van der Waals surface area contributed by atoms with Crippen molar-refractivity contribution in [3.63, 3.8) is 0 Å². The molecule has 0 saturated carbocycles. The van der Waals surface area contributed by atoms with Gasteiger partial charge in [0.1, 0.15) is 0 Å². The predicted molar refractivity (Wildman–Crippen MR) is 125 cm³/mol. The van der Waals surface area contributed by atoms with Crippen molar-refractivity contribution in [2.45, 2.75) is 51.0 Å². The summed E-state index contributed by atoms with van der Waals surface area (Å²) in [6, 6.07) is 10.9. The SMILES string of the molecule is CCOC(=O)c1ccc(NC(=O)CCS(=O)(=O)c2ccc3c(c2)CC(C)N3C(=O)CC)cc1. The second-order valence-corrected chi connectivity index (χ2v) is 9.98. The Hall–Kier alpha value is -3.20. The van der Waals surface area contributed by atoms with E-state index in [9.17, 15) is 22.8 Å². The Balaban J connectivity index is 1.62. The minimum atomic E-state index is -3.68. The number of hydrogen-bond donors (Lipinski definition) is 1. The van der Waals surface area contributed by atoms with Crippen molar-refractivity contribution in [3.05, 3.63) is 53.6 Å². The summed E-state index contributed by atoms with van der Waals surface area (Å²) >= 11 is 0. The first kappa shape index (κ1) is 24.4. The van der Waals surface area contributed by atoms with E-state index in [-0.39, 0.29) is 35.6 Å². The first-order valence-electron chi connectivity index (χ1n) is 10.9. The van der Waals surface area contributed by atoms with Crippen molar-refractivity contribution in [1.82, 2.24) is 0 Å². The quantitative estimate of drug-likeness (QED) is 0.590. The molecule has 1 N–H and O–H groups in total. The second kappa shape index (κ2) is 10.2. The molecule has 0 radical (unpaired) electrons. The lowest BCUT2D eigenvalue weighted by atomic mass is 10.1. The molecule has 1 unspecified atom stereocenters. The Kier molecular flexibility index (Phi) is 7.53. The molecule has 0 saturated heterocycles. The Morgan fingerprint density at radius 2 is 1.79 bits per heavy atom. The number of anilines is 2. The van der Waals surface area contributed by atoms with E-state index in [4.69, 9.17) is 4.74 Å². The van der Waals surface area contributed by atoms with Crippen molar-refractivity contribution < 1.29 is 27.5 Å². The number of esters is 1. The van der Waals surface area contributed by atoms with E-state index in [1.807, 2.05) is 6.92 Å². The number of rotatable bonds is 8. The molecule has 0 aliphatic carbocycles. The highest BCUT2D eigenvalue weighted by Gasteiger charge is 2.31. The number of benzene rings is 2. The van der Waals surface area contributed by atoms with Crippen LogP contribution in [0.4, 0.5) is 11.4 Å². The van der Waals surface area contributed by atoms with Crippen LogP contribution in [-0.2, 0) is 30.6 Å². The number of carbonyl (C=O) groups is 3. The lowest BCUT2D eigenvalue weighted by Gasteiger charge is -2.22. The maximum atomic E-state index is 12.8. The van der Waals surface area contributed by atoms with Crippen LogP contribution < -0.4 is 10.2 Å². The summed E-state index contributed by atoms with van der Waals surface area (Å²) in [7, 11) is -3.68. The molecule has 0 fully saturated rings.